The molecule has 2 aromatic rings. The van der Waals surface area contributed by atoms with E-state index in [1.807, 2.05) is 0 Å². The van der Waals surface area contributed by atoms with E-state index in [2.05, 4.69) is 0 Å². The number of halogens is 5. The lowest BCUT2D eigenvalue weighted by Crippen LogP contribution is -2.13. The third-order valence-electron chi connectivity index (χ3n) is 2.54. The van der Waals surface area contributed by atoms with Crippen LogP contribution in [-0.2, 0) is 0 Å². The van der Waals surface area contributed by atoms with Gasteiger partial charge in [0, 0.05) is 10.4 Å². The van der Waals surface area contributed by atoms with Gasteiger partial charge in [-0.25, -0.2) is 22.0 Å². The highest BCUT2D eigenvalue weighted by atomic mass is 32.1. The molecule has 7 heteroatoms. The van der Waals surface area contributed by atoms with Crippen molar-refractivity contribution in [3.63, 3.8) is 0 Å². The number of rotatable bonds is 2. The summed E-state index contributed by atoms with van der Waals surface area (Å²) < 4.78 is 65.7. The molecule has 0 atom stereocenters. The summed E-state index contributed by atoms with van der Waals surface area (Å²) in [6.07, 6.45) is 0. The van der Waals surface area contributed by atoms with Crippen LogP contribution in [0.2, 0.25) is 0 Å². The highest BCUT2D eigenvalue weighted by Gasteiger charge is 2.30. The molecule has 1 aromatic carbocycles. The lowest BCUT2D eigenvalue weighted by molar-refractivity contribution is 0.102. The molecule has 2 rings (SSSR count). The first kappa shape index (κ1) is 13.7. The topological polar surface area (TPSA) is 17.1 Å². The number of carbonyl (C=O) groups excluding carboxylic acids is 1. The Balaban J connectivity index is 2.71. The second-order valence-electron chi connectivity index (χ2n) is 3.66. The quantitative estimate of drug-likeness (QED) is 0.354. The molecule has 0 saturated heterocycles. The van der Waals surface area contributed by atoms with Crippen LogP contribution in [0.5, 0.6) is 0 Å². The van der Waals surface area contributed by atoms with Crippen LogP contribution >= 0.6 is 11.3 Å². The number of hydrogen-bond acceptors (Lipinski definition) is 2. The van der Waals surface area contributed by atoms with Gasteiger partial charge in [-0.05, 0) is 18.4 Å². The van der Waals surface area contributed by atoms with Gasteiger partial charge < -0.3 is 0 Å². The van der Waals surface area contributed by atoms with Gasteiger partial charge in [-0.3, -0.25) is 4.79 Å². The van der Waals surface area contributed by atoms with Crippen LogP contribution in [0, 0.1) is 36.0 Å². The molecule has 0 bridgehead atoms. The van der Waals surface area contributed by atoms with E-state index < -0.39 is 40.4 Å². The average molecular weight is 292 g/mol. The van der Waals surface area contributed by atoms with Crippen LogP contribution in [0.15, 0.2) is 11.4 Å². The molecule has 0 radical (unpaired) electrons. The minimum Gasteiger partial charge on any atom is -0.288 e. The van der Waals surface area contributed by atoms with Crippen molar-refractivity contribution in [1.82, 2.24) is 0 Å². The number of aryl methyl sites for hydroxylation is 1. The highest BCUT2D eigenvalue weighted by Crippen LogP contribution is 2.27. The van der Waals surface area contributed by atoms with Gasteiger partial charge in [-0.2, -0.15) is 0 Å². The fraction of sp³-hybridized carbons (Fsp3) is 0.0833. The summed E-state index contributed by atoms with van der Waals surface area (Å²) in [5, 5.41) is 1.48. The van der Waals surface area contributed by atoms with Gasteiger partial charge in [0.1, 0.15) is 5.56 Å². The number of hydrogen-bond donors (Lipinski definition) is 0. The summed E-state index contributed by atoms with van der Waals surface area (Å²) in [6.45, 7) is 1.50. The zero-order valence-corrected chi connectivity index (χ0v) is 10.2. The van der Waals surface area contributed by atoms with E-state index >= 15 is 0 Å². The fourth-order valence-electron chi connectivity index (χ4n) is 1.56. The van der Waals surface area contributed by atoms with Gasteiger partial charge in [0.05, 0.1) is 0 Å². The Bertz CT molecular complexity index is 648. The van der Waals surface area contributed by atoms with Crippen molar-refractivity contribution in [1.29, 1.82) is 0 Å². The van der Waals surface area contributed by atoms with Gasteiger partial charge in [-0.1, -0.05) is 0 Å². The molecular weight excluding hydrogens is 287 g/mol. The Morgan fingerprint density at radius 2 is 1.42 bits per heavy atom. The van der Waals surface area contributed by atoms with Crippen LogP contribution in [0.3, 0.4) is 0 Å². The molecule has 0 amide bonds. The van der Waals surface area contributed by atoms with Crippen LogP contribution in [-0.4, -0.2) is 5.78 Å². The monoisotopic (exact) mass is 292 g/mol. The zero-order chi connectivity index (χ0) is 14.3. The van der Waals surface area contributed by atoms with Crippen LogP contribution in [0.4, 0.5) is 22.0 Å². The number of ketones is 1. The molecule has 100 valence electrons. The molecule has 0 saturated carbocycles. The maximum atomic E-state index is 13.4. The van der Waals surface area contributed by atoms with Gasteiger partial charge in [0.15, 0.2) is 29.1 Å². The summed E-state index contributed by atoms with van der Waals surface area (Å²) in [4.78, 5) is 12.3. The molecule has 0 aliphatic rings. The second-order valence-corrected chi connectivity index (χ2v) is 4.78. The normalized spacial score (nSPS) is 10.8. The summed E-state index contributed by atoms with van der Waals surface area (Å²) in [5.41, 5.74) is -1.52. The maximum absolute atomic E-state index is 13.4. The van der Waals surface area contributed by atoms with E-state index in [-0.39, 0.29) is 5.56 Å². The molecule has 1 nitrogen and oxygen atoms in total. The standard InChI is InChI=1S/C12H5F5OS/c1-4-5(2-3-19-4)12(18)6-7(13)9(15)11(17)10(16)8(6)14/h2-3H,1H3. The summed E-state index contributed by atoms with van der Waals surface area (Å²) in [7, 11) is 0. The van der Waals surface area contributed by atoms with E-state index in [4.69, 9.17) is 0 Å². The summed E-state index contributed by atoms with van der Waals surface area (Å²) in [5.74, 6) is -12.0. The molecule has 1 aromatic heterocycles. The van der Waals surface area contributed by atoms with Gasteiger partial charge in [0.2, 0.25) is 5.82 Å². The molecule has 0 aliphatic heterocycles. The van der Waals surface area contributed by atoms with Crippen molar-refractivity contribution in [3.8, 4) is 0 Å². The molecule has 19 heavy (non-hydrogen) atoms. The van der Waals surface area contributed by atoms with Crippen molar-refractivity contribution >= 4 is 17.1 Å². The van der Waals surface area contributed by atoms with Crippen LogP contribution in [0.25, 0.3) is 0 Å². The van der Waals surface area contributed by atoms with E-state index in [9.17, 15) is 26.7 Å². The third kappa shape index (κ3) is 2.03. The Labute approximate surface area is 108 Å². The molecule has 0 spiro atoms. The number of carbonyl (C=O) groups is 1. The van der Waals surface area contributed by atoms with Gasteiger partial charge in [-0.15, -0.1) is 11.3 Å². The Morgan fingerprint density at radius 3 is 1.84 bits per heavy atom. The largest absolute Gasteiger partial charge is 0.288 e. The Hall–Kier alpha value is -1.76. The van der Waals surface area contributed by atoms with Crippen molar-refractivity contribution < 1.29 is 26.7 Å². The number of thiophene rings is 1. The van der Waals surface area contributed by atoms with Crippen molar-refractivity contribution in [3.05, 3.63) is 56.5 Å². The molecule has 0 N–H and O–H groups in total. The zero-order valence-electron chi connectivity index (χ0n) is 9.36. The van der Waals surface area contributed by atoms with Crippen LogP contribution < -0.4 is 0 Å². The van der Waals surface area contributed by atoms with Crippen molar-refractivity contribution in [2.75, 3.05) is 0 Å². The van der Waals surface area contributed by atoms with E-state index in [0.29, 0.717) is 4.88 Å². The highest BCUT2D eigenvalue weighted by molar-refractivity contribution is 7.10. The Kier molecular flexibility index (Phi) is 3.40. The van der Waals surface area contributed by atoms with Crippen molar-refractivity contribution in [2.24, 2.45) is 0 Å². The van der Waals surface area contributed by atoms with E-state index in [1.54, 1.807) is 0 Å². The van der Waals surface area contributed by atoms with Gasteiger partial charge >= 0.3 is 0 Å². The van der Waals surface area contributed by atoms with Crippen LogP contribution in [0.1, 0.15) is 20.8 Å². The van der Waals surface area contributed by atoms with E-state index in [0.717, 1.165) is 11.3 Å². The summed E-state index contributed by atoms with van der Waals surface area (Å²) >= 11 is 1.12. The minimum absolute atomic E-state index is 0.0896. The fourth-order valence-corrected chi connectivity index (χ4v) is 2.26. The van der Waals surface area contributed by atoms with E-state index in [1.165, 1.54) is 18.4 Å². The lowest BCUT2D eigenvalue weighted by Gasteiger charge is -2.07. The first-order valence-corrected chi connectivity index (χ1v) is 5.84. The van der Waals surface area contributed by atoms with Gasteiger partial charge in [0.25, 0.3) is 0 Å². The lowest BCUT2D eigenvalue weighted by atomic mass is 10.0. The molecular formula is C12H5F5OS. The SMILES string of the molecule is Cc1sccc1C(=O)c1c(F)c(F)c(F)c(F)c1F. The molecule has 0 fully saturated rings. The number of benzene rings is 1. The molecule has 1 heterocycles. The smallest absolute Gasteiger partial charge is 0.200 e. The predicted octanol–water partition coefficient (Wildman–Crippen LogP) is 3.98. The molecule has 0 aliphatic carbocycles. The second kappa shape index (κ2) is 4.73. The first-order chi connectivity index (χ1) is 8.86. The predicted molar refractivity (Wildman–Crippen MR) is 58.7 cm³/mol. The maximum Gasteiger partial charge on any atom is 0.200 e. The minimum atomic E-state index is -2.28. The Morgan fingerprint density at radius 1 is 0.947 bits per heavy atom. The third-order valence-corrected chi connectivity index (χ3v) is 3.39. The van der Waals surface area contributed by atoms with Crippen molar-refractivity contribution in [2.45, 2.75) is 6.92 Å². The average Bonchev–Trinajstić information content (AvgIpc) is 2.80. The summed E-state index contributed by atoms with van der Waals surface area (Å²) in [6, 6.07) is 1.26. The first-order valence-electron chi connectivity index (χ1n) is 4.96. The molecule has 0 unspecified atom stereocenters.